The minimum Gasteiger partial charge on any atom is -0.314 e. The van der Waals surface area contributed by atoms with Gasteiger partial charge in [0.15, 0.2) is 0 Å². The highest BCUT2D eigenvalue weighted by Crippen LogP contribution is 2.39. The van der Waals surface area contributed by atoms with Gasteiger partial charge in [0.25, 0.3) is 0 Å². The minimum absolute atomic E-state index is 0.678. The molecule has 4 heteroatoms. The molecule has 0 atom stereocenters. The lowest BCUT2D eigenvalue weighted by Crippen LogP contribution is -2.41. The zero-order chi connectivity index (χ0) is 13.1. The fourth-order valence-corrected chi connectivity index (χ4v) is 3.83. The van der Waals surface area contributed by atoms with Crippen LogP contribution in [-0.2, 0) is 6.42 Å². The zero-order valence-electron chi connectivity index (χ0n) is 10.7. The van der Waals surface area contributed by atoms with Crippen molar-refractivity contribution in [3.63, 3.8) is 0 Å². The van der Waals surface area contributed by atoms with E-state index in [-0.39, 0.29) is 0 Å². The molecule has 1 saturated carbocycles. The van der Waals surface area contributed by atoms with E-state index >= 15 is 0 Å². The van der Waals surface area contributed by atoms with Crippen LogP contribution >= 0.6 is 27.3 Å². The third-order valence-corrected chi connectivity index (χ3v) is 5.30. The summed E-state index contributed by atoms with van der Waals surface area (Å²) in [5, 5.41) is 6.90. The number of halogens is 1. The van der Waals surface area contributed by atoms with Crippen molar-refractivity contribution in [2.45, 2.75) is 31.2 Å². The van der Waals surface area contributed by atoms with Crippen molar-refractivity contribution in [2.24, 2.45) is 0 Å². The zero-order valence-corrected chi connectivity index (χ0v) is 13.1. The summed E-state index contributed by atoms with van der Waals surface area (Å²) in [5.41, 5.74) is 1.46. The summed E-state index contributed by atoms with van der Waals surface area (Å²) in [4.78, 5) is 4.30. The average molecular weight is 337 g/mol. The van der Waals surface area contributed by atoms with Gasteiger partial charge in [0.05, 0.1) is 5.01 Å². The van der Waals surface area contributed by atoms with E-state index in [4.69, 9.17) is 0 Å². The van der Waals surface area contributed by atoms with Crippen LogP contribution in [-0.4, -0.2) is 17.6 Å². The van der Waals surface area contributed by atoms with Crippen molar-refractivity contribution in [1.82, 2.24) is 10.3 Å². The molecule has 1 aromatic carbocycles. The first-order chi connectivity index (χ1) is 9.33. The van der Waals surface area contributed by atoms with Gasteiger partial charge in [-0.05, 0) is 30.4 Å². The molecule has 0 unspecified atom stereocenters. The van der Waals surface area contributed by atoms with Crippen LogP contribution in [0.2, 0.25) is 0 Å². The van der Waals surface area contributed by atoms with Crippen LogP contribution < -0.4 is 5.32 Å². The first-order valence-corrected chi connectivity index (χ1v) is 8.36. The van der Waals surface area contributed by atoms with Crippen LogP contribution in [0.1, 0.15) is 29.3 Å². The molecule has 0 bridgehead atoms. The van der Waals surface area contributed by atoms with Gasteiger partial charge in [-0.15, -0.1) is 11.3 Å². The lowest BCUT2D eigenvalue weighted by molar-refractivity contribution is 0.292. The summed E-state index contributed by atoms with van der Waals surface area (Å²) >= 11 is 5.39. The van der Waals surface area contributed by atoms with Crippen molar-refractivity contribution in [2.75, 3.05) is 6.54 Å². The number of rotatable bonds is 5. The number of benzene rings is 1. The van der Waals surface area contributed by atoms with Crippen LogP contribution in [0.15, 0.2) is 40.3 Å². The van der Waals surface area contributed by atoms with Crippen molar-refractivity contribution in [3.8, 4) is 0 Å². The maximum absolute atomic E-state index is 4.30. The lowest BCUT2D eigenvalue weighted by Gasteiger charge is -2.37. The van der Waals surface area contributed by atoms with E-state index in [0.717, 1.165) is 13.0 Å². The Balaban J connectivity index is 1.42. The van der Waals surface area contributed by atoms with Crippen LogP contribution in [0.3, 0.4) is 0 Å². The van der Waals surface area contributed by atoms with Crippen LogP contribution in [0.5, 0.6) is 0 Å². The first kappa shape index (κ1) is 13.3. The van der Waals surface area contributed by atoms with E-state index < -0.39 is 0 Å². The molecule has 1 heterocycles. The predicted octanol–water partition coefficient (Wildman–Crippen LogP) is 3.98. The van der Waals surface area contributed by atoms with E-state index in [2.05, 4.69) is 50.5 Å². The predicted molar refractivity (Wildman–Crippen MR) is 83.7 cm³/mol. The molecule has 3 rings (SSSR count). The molecule has 0 aliphatic heterocycles. The van der Waals surface area contributed by atoms with Gasteiger partial charge < -0.3 is 5.32 Å². The topological polar surface area (TPSA) is 24.9 Å². The molecule has 2 nitrogen and oxygen atoms in total. The number of hydrogen-bond donors (Lipinski definition) is 1. The average Bonchev–Trinajstić information content (AvgIpc) is 2.87. The fraction of sp³-hybridized carbons (Fsp3) is 0.400. The monoisotopic (exact) mass is 336 g/mol. The van der Waals surface area contributed by atoms with Crippen molar-refractivity contribution >= 4 is 27.3 Å². The SMILES string of the molecule is Brc1ccccc1C1CC(NCCc2nccs2)C1. The fourth-order valence-electron chi connectivity index (χ4n) is 2.60. The summed E-state index contributed by atoms with van der Waals surface area (Å²) in [6.07, 6.45) is 5.43. The summed E-state index contributed by atoms with van der Waals surface area (Å²) in [6.45, 7) is 1.04. The van der Waals surface area contributed by atoms with Gasteiger partial charge in [-0.3, -0.25) is 0 Å². The van der Waals surface area contributed by atoms with E-state index in [9.17, 15) is 0 Å². The quantitative estimate of drug-likeness (QED) is 0.893. The number of aromatic nitrogens is 1. The van der Waals surface area contributed by atoms with E-state index in [1.54, 1.807) is 11.3 Å². The molecule has 100 valence electrons. The van der Waals surface area contributed by atoms with Crippen molar-refractivity contribution in [1.29, 1.82) is 0 Å². The largest absolute Gasteiger partial charge is 0.314 e. The Morgan fingerprint density at radius 1 is 1.32 bits per heavy atom. The van der Waals surface area contributed by atoms with Gasteiger partial charge >= 0.3 is 0 Å². The molecule has 0 saturated heterocycles. The van der Waals surface area contributed by atoms with Crippen LogP contribution in [0.25, 0.3) is 0 Å². The molecule has 0 spiro atoms. The normalized spacial score (nSPS) is 22.2. The highest BCUT2D eigenvalue weighted by atomic mass is 79.9. The molecular weight excluding hydrogens is 320 g/mol. The summed E-state index contributed by atoms with van der Waals surface area (Å²) in [5.74, 6) is 0.716. The molecule has 1 aromatic heterocycles. The number of hydrogen-bond acceptors (Lipinski definition) is 3. The first-order valence-electron chi connectivity index (χ1n) is 6.69. The van der Waals surface area contributed by atoms with Crippen molar-refractivity contribution in [3.05, 3.63) is 50.9 Å². The second-order valence-corrected chi connectivity index (χ2v) is 6.85. The van der Waals surface area contributed by atoms with Gasteiger partial charge in [-0.25, -0.2) is 4.98 Å². The van der Waals surface area contributed by atoms with Gasteiger partial charge in [0.1, 0.15) is 0 Å². The maximum atomic E-state index is 4.30. The third-order valence-electron chi connectivity index (χ3n) is 3.74. The molecule has 2 aromatic rings. The Morgan fingerprint density at radius 3 is 2.89 bits per heavy atom. The highest BCUT2D eigenvalue weighted by Gasteiger charge is 2.30. The number of nitrogens with one attached hydrogen (secondary N) is 1. The minimum atomic E-state index is 0.678. The molecule has 0 radical (unpaired) electrons. The molecule has 1 aliphatic rings. The summed E-state index contributed by atoms with van der Waals surface area (Å²) < 4.78 is 1.25. The Morgan fingerprint density at radius 2 is 2.16 bits per heavy atom. The molecule has 0 amide bonds. The van der Waals surface area contributed by atoms with E-state index in [1.165, 1.54) is 27.9 Å². The second-order valence-electron chi connectivity index (χ2n) is 5.02. The molecule has 19 heavy (non-hydrogen) atoms. The summed E-state index contributed by atoms with van der Waals surface area (Å²) in [6, 6.07) is 9.26. The van der Waals surface area contributed by atoms with Crippen molar-refractivity contribution < 1.29 is 0 Å². The van der Waals surface area contributed by atoms with Gasteiger partial charge in [-0.2, -0.15) is 0 Å². The maximum Gasteiger partial charge on any atom is 0.0937 e. The smallest absolute Gasteiger partial charge is 0.0937 e. The van der Waals surface area contributed by atoms with E-state index in [1.807, 2.05) is 11.6 Å². The van der Waals surface area contributed by atoms with E-state index in [0.29, 0.717) is 12.0 Å². The number of thiazole rings is 1. The Bertz CT molecular complexity index is 521. The second kappa shape index (κ2) is 6.16. The van der Waals surface area contributed by atoms with Crippen LogP contribution in [0.4, 0.5) is 0 Å². The van der Waals surface area contributed by atoms with Gasteiger partial charge in [-0.1, -0.05) is 34.1 Å². The van der Waals surface area contributed by atoms with Crippen LogP contribution in [0, 0.1) is 0 Å². The van der Waals surface area contributed by atoms with Gasteiger partial charge in [0.2, 0.25) is 0 Å². The Hall–Kier alpha value is -0.710. The Kier molecular flexibility index (Phi) is 4.31. The number of nitrogens with zero attached hydrogens (tertiary/aromatic N) is 1. The molecule has 1 N–H and O–H groups in total. The summed E-state index contributed by atoms with van der Waals surface area (Å²) in [7, 11) is 0. The third kappa shape index (κ3) is 3.25. The Labute approximate surface area is 126 Å². The molecule has 1 aliphatic carbocycles. The standard InChI is InChI=1S/C15H17BrN2S/c16-14-4-2-1-3-13(14)11-9-12(10-11)17-6-5-15-18-7-8-19-15/h1-4,7-8,11-12,17H,5-6,9-10H2. The highest BCUT2D eigenvalue weighted by molar-refractivity contribution is 9.10. The molecule has 1 fully saturated rings. The van der Waals surface area contributed by atoms with Gasteiger partial charge in [0, 0.05) is 35.1 Å². The molecular formula is C15H17BrN2S. The lowest BCUT2D eigenvalue weighted by atomic mass is 9.76.